The van der Waals surface area contributed by atoms with Crippen LogP contribution in [0.1, 0.15) is 31.4 Å². The van der Waals surface area contributed by atoms with Crippen molar-refractivity contribution < 1.29 is 5.11 Å². The number of aliphatic hydroxyl groups excluding tert-OH is 1. The third kappa shape index (κ3) is 3.01. The quantitative estimate of drug-likeness (QED) is 0.875. The third-order valence-electron chi connectivity index (χ3n) is 3.26. The van der Waals surface area contributed by atoms with Crippen LogP contribution in [0.3, 0.4) is 0 Å². The predicted molar refractivity (Wildman–Crippen MR) is 67.6 cm³/mol. The molecule has 16 heavy (non-hydrogen) atoms. The van der Waals surface area contributed by atoms with Gasteiger partial charge in [-0.3, -0.25) is 4.68 Å². The zero-order chi connectivity index (χ0) is 11.4. The van der Waals surface area contributed by atoms with E-state index in [1.807, 2.05) is 35.8 Å². The van der Waals surface area contributed by atoms with Crippen molar-refractivity contribution in [3.63, 3.8) is 0 Å². The lowest BCUT2D eigenvalue weighted by Crippen LogP contribution is -2.26. The molecule has 1 aliphatic heterocycles. The van der Waals surface area contributed by atoms with Gasteiger partial charge in [0, 0.05) is 24.2 Å². The van der Waals surface area contributed by atoms with Crippen molar-refractivity contribution in [2.24, 2.45) is 7.05 Å². The molecule has 0 amide bonds. The van der Waals surface area contributed by atoms with Crippen LogP contribution in [-0.4, -0.2) is 32.0 Å². The normalized spacial score (nSPS) is 23.2. The summed E-state index contributed by atoms with van der Waals surface area (Å²) in [6.45, 7) is 0. The molecule has 90 valence electrons. The highest BCUT2D eigenvalue weighted by atomic mass is 32.2. The number of nitrogens with zero attached hydrogens (tertiary/aromatic N) is 2. The average Bonchev–Trinajstić information content (AvgIpc) is 2.73. The molecule has 0 spiro atoms. The van der Waals surface area contributed by atoms with Crippen LogP contribution < -0.4 is 0 Å². The first-order valence-electron chi connectivity index (χ1n) is 6.04. The van der Waals surface area contributed by atoms with E-state index in [-0.39, 0.29) is 6.10 Å². The maximum Gasteiger partial charge on any atom is 0.0662 e. The second-order valence-corrected chi connectivity index (χ2v) is 5.80. The summed E-state index contributed by atoms with van der Waals surface area (Å²) in [7, 11) is 1.96. The molecule has 1 aliphatic rings. The highest BCUT2D eigenvalue weighted by Crippen LogP contribution is 2.29. The van der Waals surface area contributed by atoms with Crippen molar-refractivity contribution in [2.45, 2.75) is 43.5 Å². The van der Waals surface area contributed by atoms with Gasteiger partial charge in [0.1, 0.15) is 0 Å². The van der Waals surface area contributed by atoms with E-state index in [0.29, 0.717) is 5.25 Å². The maximum absolute atomic E-state index is 10.1. The fourth-order valence-corrected chi connectivity index (χ4v) is 3.56. The predicted octanol–water partition coefficient (Wildman–Crippen LogP) is 2.00. The fourth-order valence-electron chi connectivity index (χ4n) is 2.20. The summed E-state index contributed by atoms with van der Waals surface area (Å²) < 4.78 is 1.89. The van der Waals surface area contributed by atoms with E-state index < -0.39 is 0 Å². The number of aromatic nitrogens is 2. The highest BCUT2D eigenvalue weighted by molar-refractivity contribution is 8.00. The van der Waals surface area contributed by atoms with Crippen LogP contribution in [0.5, 0.6) is 0 Å². The molecule has 4 heteroatoms. The van der Waals surface area contributed by atoms with Crippen molar-refractivity contribution in [1.29, 1.82) is 0 Å². The minimum Gasteiger partial charge on any atom is -0.392 e. The molecule has 0 aliphatic carbocycles. The van der Waals surface area contributed by atoms with Gasteiger partial charge in [0.2, 0.25) is 0 Å². The van der Waals surface area contributed by atoms with Gasteiger partial charge in [-0.25, -0.2) is 0 Å². The molecule has 1 fully saturated rings. The summed E-state index contributed by atoms with van der Waals surface area (Å²) in [5.41, 5.74) is 1.21. The molecule has 1 aromatic rings. The Hall–Kier alpha value is -0.480. The zero-order valence-corrected chi connectivity index (χ0v) is 10.6. The molecule has 0 bridgehead atoms. The third-order valence-corrected chi connectivity index (χ3v) is 4.77. The second-order valence-electron chi connectivity index (χ2n) is 4.46. The number of aryl methyl sites for hydroxylation is 2. The second kappa shape index (κ2) is 5.73. The van der Waals surface area contributed by atoms with Crippen molar-refractivity contribution in [3.05, 3.63) is 18.0 Å². The van der Waals surface area contributed by atoms with Gasteiger partial charge in [-0.05, 0) is 37.5 Å². The van der Waals surface area contributed by atoms with E-state index >= 15 is 0 Å². The van der Waals surface area contributed by atoms with Crippen LogP contribution in [0.25, 0.3) is 0 Å². The highest BCUT2D eigenvalue weighted by Gasteiger charge is 2.22. The number of thioether (sulfide) groups is 1. The van der Waals surface area contributed by atoms with Gasteiger partial charge in [-0.15, -0.1) is 0 Å². The van der Waals surface area contributed by atoms with E-state index in [1.165, 1.54) is 30.7 Å². The Morgan fingerprint density at radius 2 is 2.50 bits per heavy atom. The molecule has 2 rings (SSSR count). The molecule has 0 radical (unpaired) electrons. The number of hydrogen-bond acceptors (Lipinski definition) is 3. The fraction of sp³-hybridized carbons (Fsp3) is 0.750. The molecule has 1 N–H and O–H groups in total. The lowest BCUT2D eigenvalue weighted by Gasteiger charge is -2.26. The molecule has 2 unspecified atom stereocenters. The molecular formula is C12H20N2OS. The number of aliphatic hydroxyl groups is 1. The van der Waals surface area contributed by atoms with Crippen molar-refractivity contribution in [2.75, 3.05) is 5.75 Å². The minimum atomic E-state index is -0.153. The topological polar surface area (TPSA) is 38.0 Å². The van der Waals surface area contributed by atoms with Gasteiger partial charge in [-0.2, -0.15) is 16.9 Å². The van der Waals surface area contributed by atoms with Crippen LogP contribution in [0.4, 0.5) is 0 Å². The SMILES string of the molecule is Cn1nccc1CCC(O)C1CCCCS1. The summed E-state index contributed by atoms with van der Waals surface area (Å²) in [5, 5.41) is 14.7. The molecule has 2 atom stereocenters. The van der Waals surface area contributed by atoms with Gasteiger partial charge < -0.3 is 5.11 Å². The summed E-state index contributed by atoms with van der Waals surface area (Å²) in [6.07, 6.45) is 7.22. The van der Waals surface area contributed by atoms with Crippen LogP contribution >= 0.6 is 11.8 Å². The largest absolute Gasteiger partial charge is 0.392 e. The minimum absolute atomic E-state index is 0.153. The first kappa shape index (κ1) is 12.0. The van der Waals surface area contributed by atoms with E-state index in [4.69, 9.17) is 0 Å². The van der Waals surface area contributed by atoms with E-state index in [0.717, 1.165) is 12.8 Å². The molecule has 1 aromatic heterocycles. The van der Waals surface area contributed by atoms with Crippen molar-refractivity contribution in [3.8, 4) is 0 Å². The standard InChI is InChI=1S/C12H20N2OS/c1-14-10(7-8-13-14)5-6-11(15)12-4-2-3-9-16-12/h7-8,11-12,15H,2-6,9H2,1H3. The summed E-state index contributed by atoms with van der Waals surface area (Å²) >= 11 is 1.94. The van der Waals surface area contributed by atoms with Gasteiger partial charge in [0.05, 0.1) is 6.10 Å². The van der Waals surface area contributed by atoms with Gasteiger partial charge >= 0.3 is 0 Å². The Morgan fingerprint density at radius 1 is 1.62 bits per heavy atom. The Labute approximate surface area is 101 Å². The molecular weight excluding hydrogens is 220 g/mol. The van der Waals surface area contributed by atoms with E-state index in [2.05, 4.69) is 5.10 Å². The van der Waals surface area contributed by atoms with Gasteiger partial charge in [-0.1, -0.05) is 6.42 Å². The zero-order valence-electron chi connectivity index (χ0n) is 9.80. The smallest absolute Gasteiger partial charge is 0.0662 e. The molecule has 3 nitrogen and oxygen atoms in total. The number of hydrogen-bond donors (Lipinski definition) is 1. The lowest BCUT2D eigenvalue weighted by atomic mass is 10.0. The Balaban J connectivity index is 1.78. The maximum atomic E-state index is 10.1. The van der Waals surface area contributed by atoms with Gasteiger partial charge in [0.15, 0.2) is 0 Å². The molecule has 2 heterocycles. The van der Waals surface area contributed by atoms with E-state index in [9.17, 15) is 5.11 Å². The first-order chi connectivity index (χ1) is 7.77. The van der Waals surface area contributed by atoms with Crippen LogP contribution in [0.15, 0.2) is 12.3 Å². The van der Waals surface area contributed by atoms with Crippen LogP contribution in [-0.2, 0) is 13.5 Å². The summed E-state index contributed by atoms with van der Waals surface area (Å²) in [4.78, 5) is 0. The lowest BCUT2D eigenvalue weighted by molar-refractivity contribution is 0.155. The monoisotopic (exact) mass is 240 g/mol. The Bertz CT molecular complexity index is 321. The van der Waals surface area contributed by atoms with Crippen LogP contribution in [0, 0.1) is 0 Å². The average molecular weight is 240 g/mol. The molecule has 0 saturated carbocycles. The molecule has 1 saturated heterocycles. The van der Waals surface area contributed by atoms with Gasteiger partial charge in [0.25, 0.3) is 0 Å². The summed E-state index contributed by atoms with van der Waals surface area (Å²) in [6, 6.07) is 2.03. The van der Waals surface area contributed by atoms with Crippen molar-refractivity contribution in [1.82, 2.24) is 9.78 Å². The molecule has 0 aromatic carbocycles. The number of rotatable bonds is 4. The Morgan fingerprint density at radius 3 is 3.12 bits per heavy atom. The van der Waals surface area contributed by atoms with Crippen LogP contribution in [0.2, 0.25) is 0 Å². The Kier molecular flexibility index (Phi) is 4.29. The first-order valence-corrected chi connectivity index (χ1v) is 7.09. The summed E-state index contributed by atoms with van der Waals surface area (Å²) in [5.74, 6) is 1.22. The van der Waals surface area contributed by atoms with E-state index in [1.54, 1.807) is 0 Å². The van der Waals surface area contributed by atoms with Crippen molar-refractivity contribution >= 4 is 11.8 Å².